The summed E-state index contributed by atoms with van der Waals surface area (Å²) in [5.74, 6) is -0.840. The van der Waals surface area contributed by atoms with E-state index in [2.05, 4.69) is 20.3 Å². The molecule has 1 heterocycles. The SMILES string of the molecule is COCC(=O)NCc1ccc(-c2c(C)cc(C(F)(F)F)cc2O)nn1. The molecule has 0 saturated carbocycles. The number of carbonyl (C=O) groups excluding carboxylic acids is 1. The molecule has 0 bridgehead atoms. The Morgan fingerprint density at radius 1 is 1.28 bits per heavy atom. The number of benzene rings is 1. The van der Waals surface area contributed by atoms with Crippen molar-refractivity contribution in [2.45, 2.75) is 19.6 Å². The lowest BCUT2D eigenvalue weighted by Crippen LogP contribution is -2.27. The molecule has 1 aromatic carbocycles. The number of halogens is 3. The van der Waals surface area contributed by atoms with E-state index in [0.29, 0.717) is 11.8 Å². The van der Waals surface area contributed by atoms with Crippen LogP contribution < -0.4 is 5.32 Å². The highest BCUT2D eigenvalue weighted by Gasteiger charge is 2.32. The molecule has 9 heteroatoms. The van der Waals surface area contributed by atoms with Gasteiger partial charge in [-0.25, -0.2) is 0 Å². The molecule has 0 atom stereocenters. The summed E-state index contributed by atoms with van der Waals surface area (Å²) in [5.41, 5.74) is 0.155. The van der Waals surface area contributed by atoms with Crippen LogP contribution in [0.4, 0.5) is 13.2 Å². The van der Waals surface area contributed by atoms with Gasteiger partial charge in [0.1, 0.15) is 12.4 Å². The Kier molecular flexibility index (Phi) is 5.58. The Morgan fingerprint density at radius 3 is 2.52 bits per heavy atom. The molecule has 25 heavy (non-hydrogen) atoms. The van der Waals surface area contributed by atoms with E-state index in [-0.39, 0.29) is 35.9 Å². The van der Waals surface area contributed by atoms with Crippen molar-refractivity contribution in [1.82, 2.24) is 15.5 Å². The maximum absolute atomic E-state index is 12.8. The lowest BCUT2D eigenvalue weighted by Gasteiger charge is -2.13. The molecular formula is C16H16F3N3O3. The summed E-state index contributed by atoms with van der Waals surface area (Å²) in [6.45, 7) is 1.50. The number of nitrogens with zero attached hydrogens (tertiary/aromatic N) is 2. The summed E-state index contributed by atoms with van der Waals surface area (Å²) in [7, 11) is 1.40. The maximum Gasteiger partial charge on any atom is 0.416 e. The quantitative estimate of drug-likeness (QED) is 0.861. The predicted molar refractivity (Wildman–Crippen MR) is 82.6 cm³/mol. The number of aryl methyl sites for hydroxylation is 1. The maximum atomic E-state index is 12.8. The van der Waals surface area contributed by atoms with Crippen LogP contribution in [-0.4, -0.2) is 34.9 Å². The average molecular weight is 355 g/mol. The number of amides is 1. The highest BCUT2D eigenvalue weighted by Crippen LogP contribution is 2.38. The molecule has 0 aliphatic carbocycles. The zero-order chi connectivity index (χ0) is 18.6. The van der Waals surface area contributed by atoms with Crippen LogP contribution in [0.1, 0.15) is 16.8 Å². The van der Waals surface area contributed by atoms with Gasteiger partial charge in [-0.05, 0) is 36.8 Å². The molecule has 2 aromatic rings. The van der Waals surface area contributed by atoms with Gasteiger partial charge in [0.05, 0.1) is 23.5 Å². The molecule has 0 radical (unpaired) electrons. The Hall–Kier alpha value is -2.68. The molecular weight excluding hydrogens is 339 g/mol. The third kappa shape index (κ3) is 4.66. The number of hydrogen-bond acceptors (Lipinski definition) is 5. The van der Waals surface area contributed by atoms with E-state index in [1.54, 1.807) is 6.07 Å². The van der Waals surface area contributed by atoms with Gasteiger partial charge in [0.25, 0.3) is 0 Å². The number of hydrogen-bond donors (Lipinski definition) is 2. The largest absolute Gasteiger partial charge is 0.507 e. The Labute approximate surface area is 141 Å². The summed E-state index contributed by atoms with van der Waals surface area (Å²) in [4.78, 5) is 11.3. The summed E-state index contributed by atoms with van der Waals surface area (Å²) in [6, 6.07) is 4.67. The van der Waals surface area contributed by atoms with Crippen LogP contribution in [-0.2, 0) is 22.3 Å². The van der Waals surface area contributed by atoms with Crippen molar-refractivity contribution in [1.29, 1.82) is 0 Å². The van der Waals surface area contributed by atoms with Gasteiger partial charge >= 0.3 is 6.18 Å². The van der Waals surface area contributed by atoms with E-state index >= 15 is 0 Å². The van der Waals surface area contributed by atoms with Crippen LogP contribution >= 0.6 is 0 Å². The molecule has 0 aliphatic rings. The molecule has 1 aromatic heterocycles. The zero-order valence-corrected chi connectivity index (χ0v) is 13.5. The third-order valence-corrected chi connectivity index (χ3v) is 3.36. The van der Waals surface area contributed by atoms with Crippen LogP contribution in [0.5, 0.6) is 5.75 Å². The molecule has 0 aliphatic heterocycles. The Balaban J connectivity index is 2.21. The molecule has 2 N–H and O–H groups in total. The van der Waals surface area contributed by atoms with Crippen LogP contribution in [0.3, 0.4) is 0 Å². The Bertz CT molecular complexity index is 738. The van der Waals surface area contributed by atoms with Gasteiger partial charge in [-0.2, -0.15) is 23.4 Å². The second kappa shape index (κ2) is 7.47. The van der Waals surface area contributed by atoms with E-state index in [1.165, 1.54) is 20.1 Å². The van der Waals surface area contributed by atoms with Gasteiger partial charge in [0.15, 0.2) is 0 Å². The lowest BCUT2D eigenvalue weighted by molar-refractivity contribution is -0.137. The number of aromatic nitrogens is 2. The van der Waals surface area contributed by atoms with Gasteiger partial charge in [-0.1, -0.05) is 0 Å². The smallest absolute Gasteiger partial charge is 0.416 e. The molecule has 134 valence electrons. The number of ether oxygens (including phenoxy) is 1. The number of phenolic OH excluding ortho intramolecular Hbond substituents is 1. The third-order valence-electron chi connectivity index (χ3n) is 3.36. The van der Waals surface area contributed by atoms with Crippen molar-refractivity contribution in [3.63, 3.8) is 0 Å². The topological polar surface area (TPSA) is 84.3 Å². The van der Waals surface area contributed by atoms with Gasteiger partial charge in [0, 0.05) is 12.7 Å². The summed E-state index contributed by atoms with van der Waals surface area (Å²) in [5, 5.41) is 20.3. The number of methoxy groups -OCH3 is 1. The molecule has 0 saturated heterocycles. The molecule has 0 spiro atoms. The van der Waals surface area contributed by atoms with Gasteiger partial charge in [-0.15, -0.1) is 0 Å². The zero-order valence-electron chi connectivity index (χ0n) is 13.5. The fraction of sp³-hybridized carbons (Fsp3) is 0.312. The summed E-state index contributed by atoms with van der Waals surface area (Å²) >= 11 is 0. The average Bonchev–Trinajstić information content (AvgIpc) is 2.53. The first kappa shape index (κ1) is 18.7. The molecule has 1 amide bonds. The lowest BCUT2D eigenvalue weighted by atomic mass is 10.0. The highest BCUT2D eigenvalue weighted by molar-refractivity contribution is 5.77. The number of alkyl halides is 3. The van der Waals surface area contributed by atoms with Gasteiger partial charge in [-0.3, -0.25) is 4.79 Å². The second-order valence-corrected chi connectivity index (χ2v) is 5.30. The number of rotatable bonds is 5. The van der Waals surface area contributed by atoms with Gasteiger partial charge in [0.2, 0.25) is 5.91 Å². The number of aromatic hydroxyl groups is 1. The van der Waals surface area contributed by atoms with E-state index in [0.717, 1.165) is 6.07 Å². The fourth-order valence-corrected chi connectivity index (χ4v) is 2.22. The van der Waals surface area contributed by atoms with Crippen molar-refractivity contribution in [3.05, 3.63) is 41.1 Å². The first-order valence-corrected chi connectivity index (χ1v) is 7.21. The molecule has 6 nitrogen and oxygen atoms in total. The van der Waals surface area contributed by atoms with Crippen molar-refractivity contribution in [2.75, 3.05) is 13.7 Å². The van der Waals surface area contributed by atoms with E-state index < -0.39 is 17.5 Å². The normalized spacial score (nSPS) is 11.4. The number of phenols is 1. The molecule has 0 unspecified atom stereocenters. The fourth-order valence-electron chi connectivity index (χ4n) is 2.22. The number of carbonyl (C=O) groups is 1. The predicted octanol–water partition coefficient (Wildman–Crippen LogP) is 2.44. The second-order valence-electron chi connectivity index (χ2n) is 5.30. The molecule has 2 rings (SSSR count). The highest BCUT2D eigenvalue weighted by atomic mass is 19.4. The van der Waals surface area contributed by atoms with E-state index in [4.69, 9.17) is 0 Å². The van der Waals surface area contributed by atoms with Crippen molar-refractivity contribution in [2.24, 2.45) is 0 Å². The first-order chi connectivity index (χ1) is 11.7. The monoisotopic (exact) mass is 355 g/mol. The minimum absolute atomic E-state index is 0.0792. The van der Waals surface area contributed by atoms with E-state index in [9.17, 15) is 23.1 Å². The standard InChI is InChI=1S/C16H16F3N3O3/c1-9-5-10(16(17,18)19)6-13(23)15(9)12-4-3-11(21-22-12)7-20-14(24)8-25-2/h3-6,23H,7-8H2,1-2H3,(H,20,24). The molecule has 0 fully saturated rings. The van der Waals surface area contributed by atoms with Crippen LogP contribution in [0.25, 0.3) is 11.3 Å². The van der Waals surface area contributed by atoms with Crippen LogP contribution in [0.15, 0.2) is 24.3 Å². The first-order valence-electron chi connectivity index (χ1n) is 7.21. The van der Waals surface area contributed by atoms with Crippen molar-refractivity contribution >= 4 is 5.91 Å². The summed E-state index contributed by atoms with van der Waals surface area (Å²) in [6.07, 6.45) is -4.54. The van der Waals surface area contributed by atoms with Crippen LogP contribution in [0.2, 0.25) is 0 Å². The minimum Gasteiger partial charge on any atom is -0.507 e. The Morgan fingerprint density at radius 2 is 2.00 bits per heavy atom. The van der Waals surface area contributed by atoms with Crippen molar-refractivity contribution in [3.8, 4) is 17.0 Å². The van der Waals surface area contributed by atoms with Crippen molar-refractivity contribution < 1.29 is 27.8 Å². The van der Waals surface area contributed by atoms with E-state index in [1.807, 2.05) is 0 Å². The van der Waals surface area contributed by atoms with Crippen LogP contribution in [0, 0.1) is 6.92 Å². The summed E-state index contributed by atoms with van der Waals surface area (Å²) < 4.78 is 42.9. The minimum atomic E-state index is -4.54. The van der Waals surface area contributed by atoms with Gasteiger partial charge < -0.3 is 15.2 Å². The number of nitrogens with one attached hydrogen (secondary N) is 1.